The average molecular weight is 349 g/mol. The van der Waals surface area contributed by atoms with E-state index in [1.807, 2.05) is 6.92 Å². The van der Waals surface area contributed by atoms with Crippen molar-refractivity contribution < 1.29 is 9.21 Å². The minimum absolute atomic E-state index is 0.280. The third-order valence-electron chi connectivity index (χ3n) is 3.29. The molecule has 0 aliphatic rings. The van der Waals surface area contributed by atoms with E-state index < -0.39 is 0 Å². The van der Waals surface area contributed by atoms with Gasteiger partial charge in [0.15, 0.2) is 5.58 Å². The summed E-state index contributed by atoms with van der Waals surface area (Å²) in [7, 11) is 1.75. The molecule has 6 nitrogen and oxygen atoms in total. The minimum Gasteiger partial charge on any atom is -0.429 e. The van der Waals surface area contributed by atoms with Gasteiger partial charge in [0.2, 0.25) is 5.91 Å². The molecule has 8 heteroatoms. The van der Waals surface area contributed by atoms with Crippen molar-refractivity contribution in [3.8, 4) is 0 Å². The highest BCUT2D eigenvalue weighted by Crippen LogP contribution is 2.21. The molecule has 1 aromatic carbocycles. The fourth-order valence-corrected chi connectivity index (χ4v) is 2.64. The Morgan fingerprint density at radius 2 is 2.30 bits per heavy atom. The quantitative estimate of drug-likeness (QED) is 0.557. The lowest BCUT2D eigenvalue weighted by atomic mass is 10.2. The third kappa shape index (κ3) is 3.20. The van der Waals surface area contributed by atoms with Gasteiger partial charge in [-0.25, -0.2) is 0 Å². The number of oxazole rings is 1. The Morgan fingerprint density at radius 1 is 1.52 bits per heavy atom. The Balaban J connectivity index is 1.77. The van der Waals surface area contributed by atoms with Crippen LogP contribution in [0, 0.1) is 11.8 Å². The summed E-state index contributed by atoms with van der Waals surface area (Å²) in [6.07, 6.45) is 3.05. The largest absolute Gasteiger partial charge is 0.429 e. The Hall–Kier alpha value is -2.38. The summed E-state index contributed by atoms with van der Waals surface area (Å²) < 4.78 is 6.87. The zero-order valence-electron chi connectivity index (χ0n) is 12.4. The van der Waals surface area contributed by atoms with Crippen LogP contribution >= 0.6 is 23.8 Å². The maximum absolute atomic E-state index is 12.0. The first kappa shape index (κ1) is 15.5. The molecule has 0 aliphatic heterocycles. The van der Waals surface area contributed by atoms with Gasteiger partial charge in [-0.15, -0.1) is 0 Å². The van der Waals surface area contributed by atoms with Crippen LogP contribution in [-0.4, -0.2) is 20.7 Å². The van der Waals surface area contributed by atoms with Crippen LogP contribution in [0.2, 0.25) is 5.15 Å². The molecule has 0 aliphatic carbocycles. The van der Waals surface area contributed by atoms with E-state index in [1.54, 1.807) is 36.0 Å². The molecule has 2 heterocycles. The lowest BCUT2D eigenvalue weighted by Crippen LogP contribution is -2.07. The second-order valence-corrected chi connectivity index (χ2v) is 5.69. The predicted octanol–water partition coefficient (Wildman–Crippen LogP) is 3.84. The SMILES string of the molecule is Cc1nn(C)c(Cl)c1/C=C/C(=O)Nc1ccc2[nH]c(=S)oc2c1. The maximum Gasteiger partial charge on any atom is 0.266 e. The lowest BCUT2D eigenvalue weighted by molar-refractivity contribution is -0.111. The number of hydrogen-bond acceptors (Lipinski definition) is 4. The van der Waals surface area contributed by atoms with Gasteiger partial charge in [0.1, 0.15) is 5.15 Å². The molecule has 1 amide bonds. The smallest absolute Gasteiger partial charge is 0.266 e. The van der Waals surface area contributed by atoms with Crippen LogP contribution in [0.1, 0.15) is 11.3 Å². The van der Waals surface area contributed by atoms with Gasteiger partial charge in [0.05, 0.1) is 11.2 Å². The summed E-state index contributed by atoms with van der Waals surface area (Å²) in [5, 5.41) is 7.42. The molecule has 23 heavy (non-hydrogen) atoms. The van der Waals surface area contributed by atoms with Gasteiger partial charge in [-0.2, -0.15) is 5.10 Å². The van der Waals surface area contributed by atoms with Crippen molar-refractivity contribution in [3.05, 3.63) is 45.5 Å². The summed E-state index contributed by atoms with van der Waals surface area (Å²) >= 11 is 11.0. The van der Waals surface area contributed by atoms with Gasteiger partial charge in [-0.05, 0) is 37.4 Å². The molecule has 0 radical (unpaired) electrons. The predicted molar refractivity (Wildman–Crippen MR) is 92.0 cm³/mol. The first-order valence-corrected chi connectivity index (χ1v) is 7.53. The van der Waals surface area contributed by atoms with E-state index in [2.05, 4.69) is 15.4 Å². The normalized spacial score (nSPS) is 11.4. The molecule has 118 valence electrons. The lowest BCUT2D eigenvalue weighted by Gasteiger charge is -2.01. The standard InChI is InChI=1S/C15H13ClN4O2S/c1-8-10(14(16)20(2)19-8)4-6-13(21)17-9-3-5-11-12(7-9)22-15(23)18-11/h3-7H,1-2H3,(H,17,21)(H,18,23)/b6-4+. The van der Waals surface area contributed by atoms with Crippen molar-refractivity contribution in [3.63, 3.8) is 0 Å². The average Bonchev–Trinajstić information content (AvgIpc) is 2.96. The molecule has 0 saturated carbocycles. The third-order valence-corrected chi connectivity index (χ3v) is 3.92. The van der Waals surface area contributed by atoms with Crippen LogP contribution < -0.4 is 5.32 Å². The number of anilines is 1. The Labute approximate surface area is 141 Å². The Bertz CT molecular complexity index is 983. The summed E-state index contributed by atoms with van der Waals surface area (Å²) in [6, 6.07) is 5.25. The Morgan fingerprint density at radius 3 is 3.00 bits per heavy atom. The molecular weight excluding hydrogens is 336 g/mol. The number of aromatic nitrogens is 3. The molecule has 2 N–H and O–H groups in total. The summed E-state index contributed by atoms with van der Waals surface area (Å²) in [4.78, 5) is 15.2. The topological polar surface area (TPSA) is 75.8 Å². The molecule has 0 unspecified atom stereocenters. The van der Waals surface area contributed by atoms with E-state index in [-0.39, 0.29) is 5.91 Å². The van der Waals surface area contributed by atoms with Gasteiger partial charge in [0, 0.05) is 30.4 Å². The van der Waals surface area contributed by atoms with E-state index in [9.17, 15) is 4.79 Å². The number of rotatable bonds is 3. The second-order valence-electron chi connectivity index (χ2n) is 4.96. The van der Waals surface area contributed by atoms with Gasteiger partial charge in [0.25, 0.3) is 4.84 Å². The number of amides is 1. The molecule has 0 bridgehead atoms. The van der Waals surface area contributed by atoms with Crippen molar-refractivity contribution in [1.82, 2.24) is 14.8 Å². The van der Waals surface area contributed by atoms with Crippen LogP contribution in [0.5, 0.6) is 0 Å². The monoisotopic (exact) mass is 348 g/mol. The highest BCUT2D eigenvalue weighted by molar-refractivity contribution is 7.71. The van der Waals surface area contributed by atoms with Crippen LogP contribution in [-0.2, 0) is 11.8 Å². The van der Waals surface area contributed by atoms with Gasteiger partial charge in [-0.3, -0.25) is 9.48 Å². The van der Waals surface area contributed by atoms with Crippen molar-refractivity contribution in [1.29, 1.82) is 0 Å². The number of carbonyl (C=O) groups is 1. The highest BCUT2D eigenvalue weighted by atomic mass is 35.5. The summed E-state index contributed by atoms with van der Waals surface area (Å²) in [6.45, 7) is 1.83. The number of nitrogens with one attached hydrogen (secondary N) is 2. The number of H-pyrrole nitrogens is 1. The number of fused-ring (bicyclic) bond motifs is 1. The van der Waals surface area contributed by atoms with Crippen molar-refractivity contribution in [2.45, 2.75) is 6.92 Å². The van der Waals surface area contributed by atoms with Crippen LogP contribution in [0.3, 0.4) is 0 Å². The van der Waals surface area contributed by atoms with Crippen LogP contribution in [0.25, 0.3) is 17.2 Å². The number of benzene rings is 1. The molecule has 0 fully saturated rings. The molecule has 2 aromatic heterocycles. The van der Waals surface area contributed by atoms with Gasteiger partial charge >= 0.3 is 0 Å². The fourth-order valence-electron chi connectivity index (χ4n) is 2.20. The second kappa shape index (κ2) is 6.02. The molecular formula is C15H13ClN4O2S. The zero-order valence-corrected chi connectivity index (χ0v) is 14.0. The van der Waals surface area contributed by atoms with Crippen molar-refractivity contribution in [2.75, 3.05) is 5.32 Å². The zero-order chi connectivity index (χ0) is 16.6. The van der Waals surface area contributed by atoms with Gasteiger partial charge < -0.3 is 14.7 Å². The fraction of sp³-hybridized carbons (Fsp3) is 0.133. The molecule has 3 aromatic rings. The first-order chi connectivity index (χ1) is 10.9. The van der Waals surface area contributed by atoms with Crippen molar-refractivity contribution in [2.24, 2.45) is 7.05 Å². The Kier molecular flexibility index (Phi) is 4.06. The summed E-state index contributed by atoms with van der Waals surface area (Å²) in [5.41, 5.74) is 3.45. The molecule has 0 spiro atoms. The van der Waals surface area contributed by atoms with E-state index in [0.29, 0.717) is 21.3 Å². The number of carbonyl (C=O) groups excluding carboxylic acids is 1. The number of nitrogens with zero attached hydrogens (tertiary/aromatic N) is 2. The number of hydrogen-bond donors (Lipinski definition) is 2. The summed E-state index contributed by atoms with van der Waals surface area (Å²) in [5.74, 6) is -0.280. The number of halogens is 1. The molecule has 0 atom stereocenters. The minimum atomic E-state index is -0.280. The maximum atomic E-state index is 12.0. The van der Waals surface area contributed by atoms with E-state index in [0.717, 1.165) is 16.8 Å². The van der Waals surface area contributed by atoms with Crippen LogP contribution in [0.4, 0.5) is 5.69 Å². The van der Waals surface area contributed by atoms with Gasteiger partial charge in [-0.1, -0.05) is 11.6 Å². The van der Waals surface area contributed by atoms with E-state index in [1.165, 1.54) is 6.08 Å². The number of aryl methyl sites for hydroxylation is 2. The molecule has 0 saturated heterocycles. The first-order valence-electron chi connectivity index (χ1n) is 6.75. The highest BCUT2D eigenvalue weighted by Gasteiger charge is 2.09. The van der Waals surface area contributed by atoms with E-state index in [4.69, 9.17) is 28.2 Å². The van der Waals surface area contributed by atoms with Crippen LogP contribution in [0.15, 0.2) is 28.7 Å². The van der Waals surface area contributed by atoms with Crippen molar-refractivity contribution >= 4 is 52.6 Å². The van der Waals surface area contributed by atoms with E-state index >= 15 is 0 Å². The number of aromatic amines is 1. The molecule has 3 rings (SSSR count).